The summed E-state index contributed by atoms with van der Waals surface area (Å²) in [5.74, 6) is 2.07. The van der Waals surface area contributed by atoms with Gasteiger partial charge in [0.1, 0.15) is 5.75 Å². The molecular formula is C25H33N3O4. The van der Waals surface area contributed by atoms with Gasteiger partial charge in [0.15, 0.2) is 11.5 Å². The Morgan fingerprint density at radius 2 is 1.75 bits per heavy atom. The number of nitrogens with one attached hydrogen (secondary N) is 1. The average molecular weight is 440 g/mol. The van der Waals surface area contributed by atoms with Crippen LogP contribution < -0.4 is 19.7 Å². The van der Waals surface area contributed by atoms with Gasteiger partial charge in [0.2, 0.25) is 5.91 Å². The predicted molar refractivity (Wildman–Crippen MR) is 125 cm³/mol. The number of phenols is 1. The van der Waals surface area contributed by atoms with Gasteiger partial charge in [-0.1, -0.05) is 32.0 Å². The fourth-order valence-electron chi connectivity index (χ4n) is 4.31. The van der Waals surface area contributed by atoms with Crippen molar-refractivity contribution in [1.29, 1.82) is 0 Å². The maximum absolute atomic E-state index is 12.9. The zero-order valence-corrected chi connectivity index (χ0v) is 18.9. The zero-order valence-electron chi connectivity index (χ0n) is 18.9. The van der Waals surface area contributed by atoms with Gasteiger partial charge >= 0.3 is 0 Å². The minimum absolute atomic E-state index is 0.0202. The first-order valence-corrected chi connectivity index (χ1v) is 11.5. The molecule has 0 aromatic heterocycles. The molecule has 4 rings (SSSR count). The van der Waals surface area contributed by atoms with Gasteiger partial charge in [-0.25, -0.2) is 0 Å². The van der Waals surface area contributed by atoms with E-state index in [-0.39, 0.29) is 17.9 Å². The van der Waals surface area contributed by atoms with Gasteiger partial charge in [-0.15, -0.1) is 0 Å². The van der Waals surface area contributed by atoms with E-state index in [2.05, 4.69) is 29.0 Å². The number of carbonyl (C=O) groups excluding carboxylic acids is 1. The molecule has 1 atom stereocenters. The molecule has 2 aliphatic rings. The highest BCUT2D eigenvalue weighted by Gasteiger charge is 2.24. The summed E-state index contributed by atoms with van der Waals surface area (Å²) in [6.45, 7) is 8.99. The monoisotopic (exact) mass is 439 g/mol. The third-order valence-electron chi connectivity index (χ3n) is 6.08. The van der Waals surface area contributed by atoms with Crippen molar-refractivity contribution < 1.29 is 19.4 Å². The summed E-state index contributed by atoms with van der Waals surface area (Å²) in [4.78, 5) is 17.2. The van der Waals surface area contributed by atoms with Crippen LogP contribution in [0.15, 0.2) is 42.5 Å². The summed E-state index contributed by atoms with van der Waals surface area (Å²) in [6.07, 6.45) is 0.867. The van der Waals surface area contributed by atoms with Crippen LogP contribution in [0.3, 0.4) is 0 Å². The highest BCUT2D eigenvalue weighted by molar-refractivity contribution is 5.78. The van der Waals surface area contributed by atoms with Crippen LogP contribution in [0.25, 0.3) is 0 Å². The number of hydrogen-bond donors (Lipinski definition) is 2. The molecule has 0 saturated carbocycles. The van der Waals surface area contributed by atoms with Crippen LogP contribution in [-0.2, 0) is 4.79 Å². The van der Waals surface area contributed by atoms with Crippen LogP contribution in [0.5, 0.6) is 17.2 Å². The van der Waals surface area contributed by atoms with Crippen molar-refractivity contribution in [2.24, 2.45) is 5.92 Å². The minimum Gasteiger partial charge on any atom is -0.506 e. The number of amides is 1. The van der Waals surface area contributed by atoms with Crippen molar-refractivity contribution in [3.8, 4) is 17.2 Å². The second kappa shape index (κ2) is 10.1. The first kappa shape index (κ1) is 22.3. The van der Waals surface area contributed by atoms with E-state index in [1.165, 1.54) is 0 Å². The van der Waals surface area contributed by atoms with Crippen LogP contribution in [0.1, 0.15) is 31.9 Å². The van der Waals surface area contributed by atoms with Crippen molar-refractivity contribution in [2.75, 3.05) is 50.8 Å². The molecule has 0 bridgehead atoms. The number of carbonyl (C=O) groups is 1. The standard InChI is InChI=1S/C25H33N3O4/c1-18(2)25(19-8-9-22-23(16-19)32-15-5-14-31-22)26-24(30)17-27-10-12-28(13-11-27)20-6-3-4-7-21(20)29/h3-4,6-9,16,18,25,29H,5,10-15,17H2,1-2H3,(H,26,30)/t25-/m1/s1. The van der Waals surface area contributed by atoms with E-state index < -0.39 is 0 Å². The Hall–Kier alpha value is -2.93. The van der Waals surface area contributed by atoms with Crippen LogP contribution in [-0.4, -0.2) is 61.9 Å². The molecule has 32 heavy (non-hydrogen) atoms. The first-order valence-electron chi connectivity index (χ1n) is 11.5. The Balaban J connectivity index is 1.34. The SMILES string of the molecule is CC(C)[C@@H](NC(=O)CN1CCN(c2ccccc2O)CC1)c1ccc2c(c1)OCCCO2. The molecule has 0 unspecified atom stereocenters. The number of nitrogens with zero attached hydrogens (tertiary/aromatic N) is 2. The van der Waals surface area contributed by atoms with E-state index >= 15 is 0 Å². The maximum Gasteiger partial charge on any atom is 0.234 e. The summed E-state index contributed by atoms with van der Waals surface area (Å²) < 4.78 is 11.6. The molecule has 0 spiro atoms. The minimum atomic E-state index is -0.0952. The fourth-order valence-corrected chi connectivity index (χ4v) is 4.31. The fraction of sp³-hybridized carbons (Fsp3) is 0.480. The van der Waals surface area contributed by atoms with Crippen LogP contribution >= 0.6 is 0 Å². The molecule has 2 aromatic rings. The lowest BCUT2D eigenvalue weighted by Crippen LogP contribution is -2.50. The van der Waals surface area contributed by atoms with E-state index in [1.54, 1.807) is 6.07 Å². The number of piperazine rings is 1. The zero-order chi connectivity index (χ0) is 22.5. The van der Waals surface area contributed by atoms with E-state index in [0.29, 0.717) is 25.5 Å². The third kappa shape index (κ3) is 5.27. The van der Waals surface area contributed by atoms with Gasteiger partial charge in [-0.3, -0.25) is 9.69 Å². The third-order valence-corrected chi connectivity index (χ3v) is 6.08. The molecule has 172 valence electrons. The molecule has 7 heteroatoms. The number of phenolic OH excluding ortho intramolecular Hbond substituents is 1. The summed E-state index contributed by atoms with van der Waals surface area (Å²) in [6, 6.07) is 13.3. The Bertz CT molecular complexity index is 925. The second-order valence-corrected chi connectivity index (χ2v) is 8.80. The molecular weight excluding hydrogens is 406 g/mol. The van der Waals surface area contributed by atoms with Gasteiger partial charge in [0, 0.05) is 32.6 Å². The van der Waals surface area contributed by atoms with Crippen molar-refractivity contribution in [3.05, 3.63) is 48.0 Å². The average Bonchev–Trinajstić information content (AvgIpc) is 3.03. The van der Waals surface area contributed by atoms with Crippen molar-refractivity contribution in [2.45, 2.75) is 26.3 Å². The molecule has 1 fully saturated rings. The van der Waals surface area contributed by atoms with E-state index in [4.69, 9.17) is 9.47 Å². The Labute approximate surface area is 189 Å². The first-order chi connectivity index (χ1) is 15.5. The number of hydrogen-bond acceptors (Lipinski definition) is 6. The maximum atomic E-state index is 12.9. The van der Waals surface area contributed by atoms with Gasteiger partial charge in [0.25, 0.3) is 0 Å². The van der Waals surface area contributed by atoms with E-state index in [9.17, 15) is 9.90 Å². The number of benzene rings is 2. The summed E-state index contributed by atoms with van der Waals surface area (Å²) in [5, 5.41) is 13.3. The molecule has 1 saturated heterocycles. The summed E-state index contributed by atoms with van der Waals surface area (Å²) in [5.41, 5.74) is 1.88. The number of aromatic hydroxyl groups is 1. The number of anilines is 1. The molecule has 2 N–H and O–H groups in total. The predicted octanol–water partition coefficient (Wildman–Crippen LogP) is 3.19. The molecule has 2 aromatic carbocycles. The number of para-hydroxylation sites is 2. The lowest BCUT2D eigenvalue weighted by Gasteiger charge is -2.36. The highest BCUT2D eigenvalue weighted by Crippen LogP contribution is 2.34. The lowest BCUT2D eigenvalue weighted by molar-refractivity contribution is -0.123. The Morgan fingerprint density at radius 3 is 2.47 bits per heavy atom. The van der Waals surface area contributed by atoms with Gasteiger partial charge in [0.05, 0.1) is 31.5 Å². The van der Waals surface area contributed by atoms with Crippen LogP contribution in [0.2, 0.25) is 0 Å². The van der Waals surface area contributed by atoms with Gasteiger partial charge in [-0.2, -0.15) is 0 Å². The number of fused-ring (bicyclic) bond motifs is 1. The Kier molecular flexibility index (Phi) is 7.05. The highest BCUT2D eigenvalue weighted by atomic mass is 16.5. The smallest absolute Gasteiger partial charge is 0.234 e. The molecule has 2 aliphatic heterocycles. The molecule has 0 radical (unpaired) electrons. The normalized spacial score (nSPS) is 17.7. The molecule has 0 aliphatic carbocycles. The number of rotatable bonds is 6. The molecule has 1 amide bonds. The largest absolute Gasteiger partial charge is 0.506 e. The van der Waals surface area contributed by atoms with Crippen molar-refractivity contribution in [1.82, 2.24) is 10.2 Å². The quantitative estimate of drug-likeness (QED) is 0.720. The Morgan fingerprint density at radius 1 is 1.03 bits per heavy atom. The topological polar surface area (TPSA) is 74.3 Å². The summed E-state index contributed by atoms with van der Waals surface area (Å²) >= 11 is 0. The van der Waals surface area contributed by atoms with Crippen LogP contribution in [0, 0.1) is 5.92 Å². The van der Waals surface area contributed by atoms with Gasteiger partial charge in [-0.05, 0) is 35.7 Å². The molecule has 7 nitrogen and oxygen atoms in total. The van der Waals surface area contributed by atoms with Crippen LogP contribution in [0.4, 0.5) is 5.69 Å². The summed E-state index contributed by atoms with van der Waals surface area (Å²) in [7, 11) is 0. The number of ether oxygens (including phenoxy) is 2. The van der Waals surface area contributed by atoms with E-state index in [0.717, 1.165) is 55.3 Å². The van der Waals surface area contributed by atoms with Gasteiger partial charge < -0.3 is 24.8 Å². The lowest BCUT2D eigenvalue weighted by atomic mass is 9.95. The van der Waals surface area contributed by atoms with Crippen molar-refractivity contribution in [3.63, 3.8) is 0 Å². The van der Waals surface area contributed by atoms with E-state index in [1.807, 2.05) is 36.4 Å². The molecule has 2 heterocycles. The van der Waals surface area contributed by atoms with Crippen molar-refractivity contribution >= 4 is 11.6 Å². The second-order valence-electron chi connectivity index (χ2n) is 8.80.